The van der Waals surface area contributed by atoms with Crippen molar-refractivity contribution in [1.82, 2.24) is 9.55 Å². The Morgan fingerprint density at radius 3 is 1.97 bits per heavy atom. The number of imidazole rings is 1. The molecule has 1 aromatic heterocycles. The molecule has 0 fully saturated rings. The first kappa shape index (κ1) is 19.8. The Morgan fingerprint density at radius 2 is 1.26 bits per heavy atom. The van der Waals surface area contributed by atoms with Crippen LogP contribution in [0, 0.1) is 0 Å². The maximum Gasteiger partial charge on any atom is 0.302 e. The number of benzene rings is 5. The minimum absolute atomic E-state index is 0.543. The van der Waals surface area contributed by atoms with Crippen LogP contribution in [0.3, 0.4) is 0 Å². The Balaban J connectivity index is 1.52. The van der Waals surface area contributed by atoms with E-state index in [9.17, 15) is 0 Å². The number of ether oxygens (including phenoxy) is 1. The van der Waals surface area contributed by atoms with Crippen LogP contribution in [0.5, 0.6) is 6.01 Å². The summed E-state index contributed by atoms with van der Waals surface area (Å²) in [5.74, 6) is 0. The third-order valence-corrected chi connectivity index (χ3v) is 6.74. The lowest BCUT2D eigenvalue weighted by atomic mass is 9.87. The number of aromatic nitrogens is 2. The van der Waals surface area contributed by atoms with Gasteiger partial charge in [-0.05, 0) is 51.6 Å². The molecule has 0 saturated heterocycles. The molecule has 2 heterocycles. The van der Waals surface area contributed by atoms with Crippen LogP contribution < -0.4 is 4.74 Å². The van der Waals surface area contributed by atoms with Gasteiger partial charge in [0.1, 0.15) is 6.61 Å². The molecule has 1 aliphatic heterocycles. The molecule has 7 rings (SSSR count). The van der Waals surface area contributed by atoms with Gasteiger partial charge in [-0.1, -0.05) is 103 Å². The molecule has 0 aliphatic carbocycles. The van der Waals surface area contributed by atoms with Gasteiger partial charge in [0, 0.05) is 5.56 Å². The van der Waals surface area contributed by atoms with Gasteiger partial charge in [-0.15, -0.1) is 0 Å². The summed E-state index contributed by atoms with van der Waals surface area (Å²) in [5.41, 5.74) is 11.5. The Hall–Kier alpha value is -4.63. The van der Waals surface area contributed by atoms with E-state index in [0.717, 1.165) is 22.3 Å². The molecule has 0 spiro atoms. The first-order valence-electron chi connectivity index (χ1n) is 11.8. The Bertz CT molecular complexity index is 1630. The monoisotopic (exact) mass is 450 g/mol. The van der Waals surface area contributed by atoms with E-state index in [0.29, 0.717) is 12.6 Å². The predicted molar refractivity (Wildman–Crippen MR) is 142 cm³/mol. The van der Waals surface area contributed by atoms with Crippen LogP contribution in [0.1, 0.15) is 5.56 Å². The van der Waals surface area contributed by atoms with Gasteiger partial charge in [-0.25, -0.2) is 0 Å². The molecule has 3 heteroatoms. The lowest BCUT2D eigenvalue weighted by Gasteiger charge is -2.20. The normalized spacial score (nSPS) is 12.1. The number of fused-ring (bicyclic) bond motifs is 5. The molecule has 0 amide bonds. The van der Waals surface area contributed by atoms with Gasteiger partial charge in [0.15, 0.2) is 0 Å². The van der Waals surface area contributed by atoms with Crippen molar-refractivity contribution in [2.75, 3.05) is 0 Å². The lowest BCUT2D eigenvalue weighted by molar-refractivity contribution is 0.265. The fourth-order valence-corrected chi connectivity index (χ4v) is 5.11. The largest absolute Gasteiger partial charge is 0.459 e. The van der Waals surface area contributed by atoms with Crippen LogP contribution in [-0.4, -0.2) is 9.55 Å². The quantitative estimate of drug-likeness (QED) is 0.274. The van der Waals surface area contributed by atoms with Gasteiger partial charge in [0.25, 0.3) is 0 Å². The second-order valence-electron chi connectivity index (χ2n) is 8.81. The minimum atomic E-state index is 0.543. The van der Waals surface area contributed by atoms with Crippen LogP contribution >= 0.6 is 0 Å². The Morgan fingerprint density at radius 1 is 0.600 bits per heavy atom. The van der Waals surface area contributed by atoms with Crippen LogP contribution in [0.25, 0.3) is 50.1 Å². The fourth-order valence-electron chi connectivity index (χ4n) is 5.11. The highest BCUT2D eigenvalue weighted by Crippen LogP contribution is 2.42. The van der Waals surface area contributed by atoms with E-state index >= 15 is 0 Å². The number of para-hydroxylation sites is 1. The summed E-state index contributed by atoms with van der Waals surface area (Å²) in [4.78, 5) is 4.79. The van der Waals surface area contributed by atoms with Gasteiger partial charge in [-0.2, -0.15) is 4.98 Å². The van der Waals surface area contributed by atoms with E-state index in [1.165, 1.54) is 33.4 Å². The van der Waals surface area contributed by atoms with E-state index in [-0.39, 0.29) is 0 Å². The number of nitrogens with zero attached hydrogens (tertiary/aromatic N) is 2. The highest BCUT2D eigenvalue weighted by atomic mass is 16.5. The summed E-state index contributed by atoms with van der Waals surface area (Å²) in [6.07, 6.45) is 0. The molecule has 1 aliphatic rings. The highest BCUT2D eigenvalue weighted by molar-refractivity contribution is 5.97. The maximum atomic E-state index is 6.02. The zero-order chi connectivity index (χ0) is 23.2. The second-order valence-corrected chi connectivity index (χ2v) is 8.81. The van der Waals surface area contributed by atoms with Gasteiger partial charge >= 0.3 is 6.01 Å². The fraction of sp³-hybridized carbons (Fsp3) is 0.0312. The molecule has 0 N–H and O–H groups in total. The summed E-state index contributed by atoms with van der Waals surface area (Å²) in [7, 11) is 0. The maximum absolute atomic E-state index is 6.02. The SMILES string of the molecule is c1ccc(-c2cccc(-c3ccccc3)c2-c2ccc3nc4n(c3c2)-c2ccccc2CO4)cc1. The summed E-state index contributed by atoms with van der Waals surface area (Å²) in [6, 6.07) is 43.4. The molecule has 0 saturated carbocycles. The van der Waals surface area contributed by atoms with Crippen molar-refractivity contribution in [3.63, 3.8) is 0 Å². The Kier molecular flexibility index (Phi) is 4.52. The molecule has 0 bridgehead atoms. The summed E-state index contributed by atoms with van der Waals surface area (Å²) in [5, 5.41) is 0. The van der Waals surface area contributed by atoms with Crippen LogP contribution in [0.4, 0.5) is 0 Å². The third-order valence-electron chi connectivity index (χ3n) is 6.74. The predicted octanol–water partition coefficient (Wildman–Crippen LogP) is 7.92. The van der Waals surface area contributed by atoms with Gasteiger partial charge in [0.05, 0.1) is 16.7 Å². The van der Waals surface area contributed by atoms with E-state index in [1.54, 1.807) is 0 Å². The summed E-state index contributed by atoms with van der Waals surface area (Å²) >= 11 is 0. The molecule has 0 atom stereocenters. The molecule has 0 radical (unpaired) electrons. The highest BCUT2D eigenvalue weighted by Gasteiger charge is 2.22. The van der Waals surface area contributed by atoms with Crippen LogP contribution in [0.2, 0.25) is 0 Å². The van der Waals surface area contributed by atoms with Crippen molar-refractivity contribution in [3.8, 4) is 45.1 Å². The van der Waals surface area contributed by atoms with E-state index in [4.69, 9.17) is 9.72 Å². The molecular formula is C32H22N2O. The van der Waals surface area contributed by atoms with Crippen molar-refractivity contribution in [2.24, 2.45) is 0 Å². The number of hydrogen-bond donors (Lipinski definition) is 0. The average molecular weight is 451 g/mol. The molecule has 0 unspecified atom stereocenters. The third kappa shape index (κ3) is 3.24. The van der Waals surface area contributed by atoms with Gasteiger partial charge in [0.2, 0.25) is 0 Å². The van der Waals surface area contributed by atoms with E-state index in [1.807, 2.05) is 0 Å². The second kappa shape index (κ2) is 8.00. The molecule has 3 nitrogen and oxygen atoms in total. The summed E-state index contributed by atoms with van der Waals surface area (Å²) < 4.78 is 8.16. The Labute approximate surface area is 203 Å². The van der Waals surface area contributed by atoms with Gasteiger partial charge in [-0.3, -0.25) is 4.57 Å². The topological polar surface area (TPSA) is 27.1 Å². The van der Waals surface area contributed by atoms with Gasteiger partial charge < -0.3 is 4.74 Å². The van der Waals surface area contributed by atoms with E-state index < -0.39 is 0 Å². The molecule has 5 aromatic carbocycles. The number of hydrogen-bond acceptors (Lipinski definition) is 2. The zero-order valence-electron chi connectivity index (χ0n) is 19.1. The van der Waals surface area contributed by atoms with Crippen LogP contribution in [0.15, 0.2) is 121 Å². The first-order valence-corrected chi connectivity index (χ1v) is 11.8. The first-order chi connectivity index (χ1) is 17.4. The van der Waals surface area contributed by atoms with Crippen molar-refractivity contribution in [3.05, 3.63) is 127 Å². The van der Waals surface area contributed by atoms with Crippen molar-refractivity contribution in [2.45, 2.75) is 6.61 Å². The van der Waals surface area contributed by atoms with Crippen LogP contribution in [-0.2, 0) is 6.61 Å². The zero-order valence-corrected chi connectivity index (χ0v) is 19.1. The smallest absolute Gasteiger partial charge is 0.302 e. The van der Waals surface area contributed by atoms with Crippen molar-refractivity contribution < 1.29 is 4.74 Å². The molecule has 6 aromatic rings. The molecule has 35 heavy (non-hydrogen) atoms. The van der Waals surface area contributed by atoms with Crippen molar-refractivity contribution >= 4 is 11.0 Å². The molecular weight excluding hydrogens is 428 g/mol. The number of rotatable bonds is 3. The minimum Gasteiger partial charge on any atom is -0.459 e. The lowest BCUT2D eigenvalue weighted by Crippen LogP contribution is -2.11. The van der Waals surface area contributed by atoms with E-state index in [2.05, 4.69) is 126 Å². The average Bonchev–Trinajstić information content (AvgIpc) is 3.32. The van der Waals surface area contributed by atoms with Crippen molar-refractivity contribution in [1.29, 1.82) is 0 Å². The standard InChI is InChI=1S/C32H22N2O/c1-3-10-22(11-4-1)26-15-9-16-27(23-12-5-2-6-13-23)31(26)24-18-19-28-30(20-24)34-29-17-8-7-14-25(29)21-35-32(34)33-28/h1-20H,21H2. The summed E-state index contributed by atoms with van der Waals surface area (Å²) in [6.45, 7) is 0.543. The molecule has 166 valence electrons.